The molecule has 0 aromatic heterocycles. The summed E-state index contributed by atoms with van der Waals surface area (Å²) < 4.78 is 32.1. The number of carbonyl (C=O) groups excluding carboxylic acids is 1. The van der Waals surface area contributed by atoms with E-state index in [4.69, 9.17) is 28.4 Å². The van der Waals surface area contributed by atoms with E-state index in [1.807, 2.05) is 0 Å². The molecule has 1 fully saturated rings. The Bertz CT molecular complexity index is 379. The highest BCUT2D eigenvalue weighted by Crippen LogP contribution is 2.40. The van der Waals surface area contributed by atoms with Crippen molar-refractivity contribution >= 4 is 5.97 Å². The number of esters is 1. The van der Waals surface area contributed by atoms with Gasteiger partial charge < -0.3 is 28.4 Å². The zero-order chi connectivity index (χ0) is 14.8. The van der Waals surface area contributed by atoms with Crippen LogP contribution in [-0.4, -0.2) is 58.9 Å². The molecule has 20 heavy (non-hydrogen) atoms. The molecule has 0 amide bonds. The summed E-state index contributed by atoms with van der Waals surface area (Å²) in [6, 6.07) is 0. The zero-order valence-corrected chi connectivity index (χ0v) is 12.0. The van der Waals surface area contributed by atoms with E-state index in [1.165, 1.54) is 28.4 Å². The number of methoxy groups -OCH3 is 4. The molecule has 0 spiro atoms. The molecule has 0 saturated carbocycles. The first-order chi connectivity index (χ1) is 9.60. The molecule has 0 bridgehead atoms. The summed E-state index contributed by atoms with van der Waals surface area (Å²) in [5.74, 6) is -1.86. The third kappa shape index (κ3) is 2.59. The van der Waals surface area contributed by atoms with Gasteiger partial charge >= 0.3 is 5.97 Å². The van der Waals surface area contributed by atoms with Crippen molar-refractivity contribution in [3.05, 3.63) is 12.2 Å². The molecule has 0 N–H and O–H groups in total. The SMILES string of the molecule is COC(OC)[C@H]1CC(=O)O[C@@H]1[C@@]1(OC)C=C[C@@H](OC)O1. The summed E-state index contributed by atoms with van der Waals surface area (Å²) in [7, 11) is 6.03. The summed E-state index contributed by atoms with van der Waals surface area (Å²) in [6.07, 6.45) is 1.79. The highest BCUT2D eigenvalue weighted by Gasteiger charge is 2.55. The molecule has 2 aliphatic rings. The van der Waals surface area contributed by atoms with Gasteiger partial charge in [0.15, 0.2) is 18.7 Å². The quantitative estimate of drug-likeness (QED) is 0.399. The second-order valence-electron chi connectivity index (χ2n) is 4.62. The van der Waals surface area contributed by atoms with Gasteiger partial charge in [-0.1, -0.05) is 0 Å². The minimum atomic E-state index is -1.19. The van der Waals surface area contributed by atoms with Crippen molar-refractivity contribution in [2.45, 2.75) is 30.9 Å². The highest BCUT2D eigenvalue weighted by atomic mass is 16.8. The number of cyclic esters (lactones) is 1. The Morgan fingerprint density at radius 1 is 1.30 bits per heavy atom. The largest absolute Gasteiger partial charge is 0.456 e. The maximum absolute atomic E-state index is 11.7. The first kappa shape index (κ1) is 15.4. The van der Waals surface area contributed by atoms with E-state index in [0.717, 1.165) is 0 Å². The second kappa shape index (κ2) is 6.19. The minimum absolute atomic E-state index is 0.178. The molecule has 2 rings (SSSR count). The van der Waals surface area contributed by atoms with Crippen LogP contribution in [0.5, 0.6) is 0 Å². The predicted molar refractivity (Wildman–Crippen MR) is 66.6 cm³/mol. The standard InChI is InChI=1S/C13H20O7/c1-15-10-5-6-13(18-4,20-10)11-8(7-9(14)19-11)12(16-2)17-3/h5-6,8,10-12H,7H2,1-4H3/t8-,10-,11-,13+/m0/s1. The van der Waals surface area contributed by atoms with Gasteiger partial charge in [-0.05, 0) is 12.2 Å². The minimum Gasteiger partial charge on any atom is -0.456 e. The molecule has 4 atom stereocenters. The first-order valence-electron chi connectivity index (χ1n) is 6.30. The summed E-state index contributed by atoms with van der Waals surface area (Å²) >= 11 is 0. The van der Waals surface area contributed by atoms with Crippen molar-refractivity contribution in [3.8, 4) is 0 Å². The number of carbonyl (C=O) groups is 1. The van der Waals surface area contributed by atoms with Crippen LogP contribution in [0.3, 0.4) is 0 Å². The fourth-order valence-corrected chi connectivity index (χ4v) is 2.64. The Balaban J connectivity index is 2.24. The van der Waals surface area contributed by atoms with Crippen LogP contribution in [-0.2, 0) is 33.2 Å². The molecule has 7 nitrogen and oxygen atoms in total. The van der Waals surface area contributed by atoms with Crippen molar-refractivity contribution in [2.24, 2.45) is 5.92 Å². The van der Waals surface area contributed by atoms with Crippen LogP contribution in [0.25, 0.3) is 0 Å². The van der Waals surface area contributed by atoms with Crippen molar-refractivity contribution in [1.82, 2.24) is 0 Å². The van der Waals surface area contributed by atoms with Gasteiger partial charge in [-0.3, -0.25) is 4.79 Å². The van der Waals surface area contributed by atoms with Crippen LogP contribution in [0.15, 0.2) is 12.2 Å². The Labute approximate surface area is 117 Å². The van der Waals surface area contributed by atoms with Gasteiger partial charge in [0.25, 0.3) is 0 Å². The van der Waals surface area contributed by atoms with Gasteiger partial charge in [0.1, 0.15) is 0 Å². The molecule has 0 unspecified atom stereocenters. The molecule has 114 valence electrons. The lowest BCUT2D eigenvalue weighted by molar-refractivity contribution is -0.293. The van der Waals surface area contributed by atoms with Crippen molar-refractivity contribution in [2.75, 3.05) is 28.4 Å². The Kier molecular flexibility index (Phi) is 4.77. The first-order valence-corrected chi connectivity index (χ1v) is 6.30. The Morgan fingerprint density at radius 3 is 2.50 bits per heavy atom. The number of rotatable bonds is 6. The molecule has 0 radical (unpaired) electrons. The van der Waals surface area contributed by atoms with Crippen LogP contribution < -0.4 is 0 Å². The monoisotopic (exact) mass is 288 g/mol. The fraction of sp³-hybridized carbons (Fsp3) is 0.769. The number of hydrogen-bond acceptors (Lipinski definition) is 7. The maximum Gasteiger partial charge on any atom is 0.306 e. The average molecular weight is 288 g/mol. The van der Waals surface area contributed by atoms with Crippen LogP contribution in [0.4, 0.5) is 0 Å². The molecule has 1 saturated heterocycles. The lowest BCUT2D eigenvalue weighted by atomic mass is 9.93. The van der Waals surface area contributed by atoms with Crippen molar-refractivity contribution in [1.29, 1.82) is 0 Å². The van der Waals surface area contributed by atoms with E-state index in [1.54, 1.807) is 12.2 Å². The van der Waals surface area contributed by atoms with E-state index in [2.05, 4.69) is 0 Å². The van der Waals surface area contributed by atoms with Crippen molar-refractivity contribution < 1.29 is 33.2 Å². The van der Waals surface area contributed by atoms with Gasteiger partial charge in [-0.2, -0.15) is 0 Å². The third-order valence-electron chi connectivity index (χ3n) is 3.60. The smallest absolute Gasteiger partial charge is 0.306 e. The summed E-state index contributed by atoms with van der Waals surface area (Å²) in [6.45, 7) is 0. The predicted octanol–water partition coefficient (Wildman–Crippen LogP) is 0.439. The second-order valence-corrected chi connectivity index (χ2v) is 4.62. The fourth-order valence-electron chi connectivity index (χ4n) is 2.64. The van der Waals surface area contributed by atoms with E-state index in [0.29, 0.717) is 0 Å². The molecular weight excluding hydrogens is 268 g/mol. The molecule has 0 aromatic carbocycles. The highest BCUT2D eigenvalue weighted by molar-refractivity contribution is 5.72. The van der Waals surface area contributed by atoms with Crippen molar-refractivity contribution in [3.63, 3.8) is 0 Å². The maximum atomic E-state index is 11.7. The Hall–Kier alpha value is -0.990. The number of hydrogen-bond donors (Lipinski definition) is 0. The van der Waals surface area contributed by atoms with Crippen LogP contribution in [0.1, 0.15) is 6.42 Å². The van der Waals surface area contributed by atoms with E-state index in [-0.39, 0.29) is 18.3 Å². The molecule has 2 aliphatic heterocycles. The topological polar surface area (TPSA) is 72.5 Å². The van der Waals surface area contributed by atoms with E-state index in [9.17, 15) is 4.79 Å². The zero-order valence-electron chi connectivity index (χ0n) is 12.0. The van der Waals surface area contributed by atoms with E-state index >= 15 is 0 Å². The van der Waals surface area contributed by atoms with Gasteiger partial charge in [0, 0.05) is 28.4 Å². The molecule has 0 aliphatic carbocycles. The normalized spacial score (nSPS) is 36.9. The molecule has 7 heteroatoms. The molecular formula is C13H20O7. The molecule has 2 heterocycles. The summed E-state index contributed by atoms with van der Waals surface area (Å²) in [5, 5.41) is 0. The summed E-state index contributed by atoms with van der Waals surface area (Å²) in [5.41, 5.74) is 0. The van der Waals surface area contributed by atoms with Gasteiger partial charge in [0.2, 0.25) is 5.79 Å². The average Bonchev–Trinajstić information content (AvgIpc) is 3.05. The van der Waals surface area contributed by atoms with Gasteiger partial charge in [0.05, 0.1) is 12.3 Å². The lowest BCUT2D eigenvalue weighted by Crippen LogP contribution is -2.50. The van der Waals surface area contributed by atoms with Crippen LogP contribution in [0, 0.1) is 5.92 Å². The Morgan fingerprint density at radius 2 is 2.00 bits per heavy atom. The van der Waals surface area contributed by atoms with Gasteiger partial charge in [-0.25, -0.2) is 0 Å². The number of ether oxygens (including phenoxy) is 6. The van der Waals surface area contributed by atoms with E-state index < -0.39 is 24.5 Å². The third-order valence-corrected chi connectivity index (χ3v) is 3.60. The van der Waals surface area contributed by atoms with Crippen LogP contribution >= 0.6 is 0 Å². The van der Waals surface area contributed by atoms with Crippen LogP contribution in [0.2, 0.25) is 0 Å². The summed E-state index contributed by atoms with van der Waals surface area (Å²) in [4.78, 5) is 11.7. The van der Waals surface area contributed by atoms with Gasteiger partial charge in [-0.15, -0.1) is 0 Å². The lowest BCUT2D eigenvalue weighted by Gasteiger charge is -2.36. The molecule has 0 aromatic rings.